The minimum Gasteiger partial charge on any atom is -0.324 e. The lowest BCUT2D eigenvalue weighted by Crippen LogP contribution is -2.41. The third kappa shape index (κ3) is 3.79. The topological polar surface area (TPSA) is 94.2 Å². The fourth-order valence-electron chi connectivity index (χ4n) is 3.76. The van der Waals surface area contributed by atoms with Crippen LogP contribution in [0.5, 0.6) is 0 Å². The molecule has 0 saturated carbocycles. The van der Waals surface area contributed by atoms with Crippen LogP contribution >= 0.6 is 0 Å². The first kappa shape index (κ1) is 17.5. The van der Waals surface area contributed by atoms with E-state index in [0.717, 1.165) is 55.4 Å². The molecule has 8 nitrogen and oxygen atoms in total. The van der Waals surface area contributed by atoms with E-state index in [1.165, 1.54) is 0 Å². The minimum absolute atomic E-state index is 0.114. The van der Waals surface area contributed by atoms with Crippen LogP contribution in [0.4, 0.5) is 16.2 Å². The molecule has 2 fully saturated rings. The summed E-state index contributed by atoms with van der Waals surface area (Å²) in [6.45, 7) is 3.99. The fraction of sp³-hybridized carbons (Fsp3) is 0.474. The summed E-state index contributed by atoms with van der Waals surface area (Å²) in [6, 6.07) is 7.34. The van der Waals surface area contributed by atoms with Crippen molar-refractivity contribution in [2.45, 2.75) is 38.5 Å². The Morgan fingerprint density at radius 3 is 2.70 bits per heavy atom. The quantitative estimate of drug-likeness (QED) is 0.871. The molecule has 2 aliphatic rings. The van der Waals surface area contributed by atoms with Crippen LogP contribution in [-0.2, 0) is 4.79 Å². The number of carbonyl (C=O) groups is 2. The average Bonchev–Trinajstić information content (AvgIpc) is 3.31. The van der Waals surface area contributed by atoms with Crippen molar-refractivity contribution in [3.63, 3.8) is 0 Å². The summed E-state index contributed by atoms with van der Waals surface area (Å²) >= 11 is 0. The van der Waals surface area contributed by atoms with Crippen LogP contribution < -0.4 is 10.2 Å². The van der Waals surface area contributed by atoms with Gasteiger partial charge in [-0.1, -0.05) is 0 Å². The van der Waals surface area contributed by atoms with Crippen molar-refractivity contribution >= 4 is 23.3 Å². The predicted molar refractivity (Wildman–Crippen MR) is 102 cm³/mol. The fourth-order valence-corrected chi connectivity index (χ4v) is 3.76. The molecule has 3 heterocycles. The first-order valence-corrected chi connectivity index (χ1v) is 9.45. The van der Waals surface area contributed by atoms with Gasteiger partial charge in [0, 0.05) is 43.3 Å². The Hall–Kier alpha value is -2.90. The number of likely N-dealkylation sites (tertiary alicyclic amines) is 1. The molecule has 0 bridgehead atoms. The van der Waals surface area contributed by atoms with Crippen LogP contribution in [0.2, 0.25) is 0 Å². The van der Waals surface area contributed by atoms with Crippen LogP contribution in [0, 0.1) is 6.92 Å². The van der Waals surface area contributed by atoms with Crippen LogP contribution in [0.15, 0.2) is 24.3 Å². The van der Waals surface area contributed by atoms with Crippen molar-refractivity contribution in [1.29, 1.82) is 0 Å². The second kappa shape index (κ2) is 7.38. The number of nitrogens with one attached hydrogen (secondary N) is 2. The molecule has 4 rings (SSSR count). The molecule has 142 valence electrons. The van der Waals surface area contributed by atoms with E-state index in [1.54, 1.807) is 4.90 Å². The second-order valence-corrected chi connectivity index (χ2v) is 7.19. The number of urea groups is 1. The normalized spacial score (nSPS) is 20.2. The maximum absolute atomic E-state index is 12.6. The first-order chi connectivity index (χ1) is 13.1. The Bertz CT molecular complexity index is 831. The van der Waals surface area contributed by atoms with Gasteiger partial charge in [-0.2, -0.15) is 5.10 Å². The average molecular weight is 368 g/mol. The summed E-state index contributed by atoms with van der Waals surface area (Å²) < 4.78 is 0. The third-order valence-electron chi connectivity index (χ3n) is 5.19. The summed E-state index contributed by atoms with van der Waals surface area (Å²) in [5.74, 6) is 1.90. The molecule has 27 heavy (non-hydrogen) atoms. The van der Waals surface area contributed by atoms with Crippen LogP contribution in [0.3, 0.4) is 0 Å². The number of aryl methyl sites for hydroxylation is 1. The number of benzene rings is 1. The summed E-state index contributed by atoms with van der Waals surface area (Å²) in [7, 11) is 0. The molecule has 3 amide bonds. The number of anilines is 2. The third-order valence-corrected chi connectivity index (χ3v) is 5.19. The van der Waals surface area contributed by atoms with Gasteiger partial charge >= 0.3 is 6.03 Å². The zero-order valence-corrected chi connectivity index (χ0v) is 15.4. The van der Waals surface area contributed by atoms with Gasteiger partial charge in [-0.15, -0.1) is 0 Å². The van der Waals surface area contributed by atoms with E-state index in [0.29, 0.717) is 13.0 Å². The van der Waals surface area contributed by atoms with Gasteiger partial charge in [-0.25, -0.2) is 9.78 Å². The molecule has 2 aromatic rings. The van der Waals surface area contributed by atoms with Gasteiger partial charge in [0.15, 0.2) is 5.82 Å². The van der Waals surface area contributed by atoms with Gasteiger partial charge < -0.3 is 15.1 Å². The molecule has 2 N–H and O–H groups in total. The predicted octanol–water partition coefficient (Wildman–Crippen LogP) is 2.65. The van der Waals surface area contributed by atoms with Crippen molar-refractivity contribution < 1.29 is 9.59 Å². The Kier molecular flexibility index (Phi) is 4.79. The largest absolute Gasteiger partial charge is 0.324 e. The summed E-state index contributed by atoms with van der Waals surface area (Å²) in [5.41, 5.74) is 1.61. The number of hydrogen-bond acceptors (Lipinski definition) is 4. The Balaban J connectivity index is 1.37. The molecule has 1 aromatic carbocycles. The van der Waals surface area contributed by atoms with E-state index in [1.807, 2.05) is 36.1 Å². The molecule has 1 atom stereocenters. The second-order valence-electron chi connectivity index (χ2n) is 7.19. The molecular weight excluding hydrogens is 344 g/mol. The number of aromatic nitrogens is 3. The highest BCUT2D eigenvalue weighted by Crippen LogP contribution is 2.26. The zero-order valence-electron chi connectivity index (χ0n) is 15.4. The van der Waals surface area contributed by atoms with Crippen LogP contribution in [0.1, 0.15) is 43.3 Å². The van der Waals surface area contributed by atoms with Crippen molar-refractivity contribution in [3.05, 3.63) is 35.9 Å². The summed E-state index contributed by atoms with van der Waals surface area (Å²) in [6.07, 6.45) is 3.43. The van der Waals surface area contributed by atoms with E-state index in [-0.39, 0.29) is 17.9 Å². The zero-order chi connectivity index (χ0) is 18.8. The van der Waals surface area contributed by atoms with Gasteiger partial charge in [0.05, 0.1) is 0 Å². The Morgan fingerprint density at radius 2 is 2.04 bits per heavy atom. The van der Waals surface area contributed by atoms with Crippen LogP contribution in [0.25, 0.3) is 0 Å². The summed E-state index contributed by atoms with van der Waals surface area (Å²) in [5, 5.41) is 10.1. The van der Waals surface area contributed by atoms with Crippen molar-refractivity contribution in [3.8, 4) is 0 Å². The van der Waals surface area contributed by atoms with Crippen LogP contribution in [-0.4, -0.2) is 51.7 Å². The maximum Gasteiger partial charge on any atom is 0.321 e. The number of aromatic amines is 1. The Labute approximate surface area is 158 Å². The number of nitrogens with zero attached hydrogens (tertiary/aromatic N) is 4. The molecule has 0 aliphatic carbocycles. The summed E-state index contributed by atoms with van der Waals surface area (Å²) in [4.78, 5) is 32.5. The first-order valence-electron chi connectivity index (χ1n) is 9.45. The maximum atomic E-state index is 12.6. The highest BCUT2D eigenvalue weighted by molar-refractivity contribution is 5.96. The molecule has 1 aromatic heterocycles. The lowest BCUT2D eigenvalue weighted by atomic mass is 9.98. The number of H-pyrrole nitrogens is 1. The Morgan fingerprint density at radius 1 is 1.22 bits per heavy atom. The highest BCUT2D eigenvalue weighted by atomic mass is 16.2. The molecular formula is C19H24N6O2. The number of amides is 3. The molecule has 0 spiro atoms. The van der Waals surface area contributed by atoms with Gasteiger partial charge in [-0.05, 0) is 50.5 Å². The van der Waals surface area contributed by atoms with Crippen molar-refractivity contribution in [1.82, 2.24) is 20.1 Å². The van der Waals surface area contributed by atoms with Gasteiger partial charge in [0.1, 0.15) is 5.82 Å². The number of piperidine rings is 1. The van der Waals surface area contributed by atoms with E-state index in [2.05, 4.69) is 20.5 Å². The minimum atomic E-state index is -0.114. The molecule has 8 heteroatoms. The van der Waals surface area contributed by atoms with Gasteiger partial charge in [-0.3, -0.25) is 9.89 Å². The highest BCUT2D eigenvalue weighted by Gasteiger charge is 2.27. The van der Waals surface area contributed by atoms with Crippen molar-refractivity contribution in [2.24, 2.45) is 0 Å². The number of hydrogen-bond donors (Lipinski definition) is 2. The van der Waals surface area contributed by atoms with E-state index >= 15 is 0 Å². The smallest absolute Gasteiger partial charge is 0.321 e. The van der Waals surface area contributed by atoms with E-state index in [9.17, 15) is 9.59 Å². The molecule has 2 aliphatic heterocycles. The van der Waals surface area contributed by atoms with E-state index < -0.39 is 0 Å². The van der Waals surface area contributed by atoms with Crippen molar-refractivity contribution in [2.75, 3.05) is 29.9 Å². The molecule has 2 saturated heterocycles. The number of carbonyl (C=O) groups excluding carboxylic acids is 2. The van der Waals surface area contributed by atoms with Gasteiger partial charge in [0.25, 0.3) is 0 Å². The SMILES string of the molecule is Cc1nc([C@@H]2CCCN(C(=O)Nc3ccc(N4CCCC4=O)cc3)C2)n[nH]1. The molecule has 0 radical (unpaired) electrons. The monoisotopic (exact) mass is 368 g/mol. The lowest BCUT2D eigenvalue weighted by Gasteiger charge is -2.31. The van der Waals surface area contributed by atoms with E-state index in [4.69, 9.17) is 0 Å². The standard InChI is InChI=1S/C19H24N6O2/c1-13-20-18(23-22-13)14-4-2-10-24(12-14)19(27)21-15-6-8-16(9-7-15)25-11-3-5-17(25)26/h6-9,14H,2-5,10-12H2,1H3,(H,21,27)(H,20,22,23)/t14-/m1/s1. The molecule has 0 unspecified atom stereocenters. The lowest BCUT2D eigenvalue weighted by molar-refractivity contribution is -0.117. The number of rotatable bonds is 3. The van der Waals surface area contributed by atoms with Gasteiger partial charge in [0.2, 0.25) is 5.91 Å².